The molecule has 1 spiro atoms. The van der Waals surface area contributed by atoms with Gasteiger partial charge in [0.05, 0.1) is 0 Å². The zero-order valence-corrected chi connectivity index (χ0v) is 19.9. The molecule has 2 fully saturated rings. The minimum absolute atomic E-state index is 0.358. The van der Waals surface area contributed by atoms with Crippen molar-refractivity contribution < 1.29 is 5.11 Å². The molecule has 2 heterocycles. The van der Waals surface area contributed by atoms with E-state index in [9.17, 15) is 5.11 Å². The maximum Gasteiger partial charge on any atom is 0.115 e. The molecule has 2 N–H and O–H groups in total. The number of piperidine rings is 1. The monoisotopic (exact) mass is 450 g/mol. The van der Waals surface area contributed by atoms with Crippen LogP contribution in [0.25, 0.3) is 11.1 Å². The molecule has 174 valence electrons. The lowest BCUT2D eigenvalue weighted by Gasteiger charge is -2.41. The molecule has 3 aromatic rings. The largest absolute Gasteiger partial charge is 0.508 e. The Hall–Kier alpha value is -3.04. The van der Waals surface area contributed by atoms with Crippen LogP contribution in [-0.4, -0.2) is 31.3 Å². The van der Waals surface area contributed by atoms with Gasteiger partial charge in [-0.3, -0.25) is 0 Å². The van der Waals surface area contributed by atoms with Crippen molar-refractivity contribution in [1.29, 1.82) is 0 Å². The molecule has 0 radical (unpaired) electrons. The van der Waals surface area contributed by atoms with E-state index < -0.39 is 0 Å². The molecule has 1 aliphatic carbocycles. The van der Waals surface area contributed by atoms with Gasteiger partial charge in [0.1, 0.15) is 5.75 Å². The third-order valence-corrected chi connectivity index (χ3v) is 8.17. The smallest absolute Gasteiger partial charge is 0.115 e. The van der Waals surface area contributed by atoms with Crippen molar-refractivity contribution in [3.05, 3.63) is 95.1 Å². The van der Waals surface area contributed by atoms with Crippen molar-refractivity contribution in [2.45, 2.75) is 38.5 Å². The van der Waals surface area contributed by atoms with Crippen molar-refractivity contribution in [3.63, 3.8) is 0 Å². The van der Waals surface area contributed by atoms with Gasteiger partial charge in [0.2, 0.25) is 0 Å². The fourth-order valence-corrected chi connectivity index (χ4v) is 6.44. The van der Waals surface area contributed by atoms with Crippen molar-refractivity contribution in [2.75, 3.05) is 31.1 Å². The highest BCUT2D eigenvalue weighted by Crippen LogP contribution is 2.42. The average Bonchev–Trinajstić information content (AvgIpc) is 3.23. The summed E-state index contributed by atoms with van der Waals surface area (Å²) >= 11 is 0. The standard InChI is InChI=1S/C31H34N2O/c34-27-14-15-29-25(20-27)8-4-9-28(23-6-2-1-3-7-23)30(29)24-10-12-26(13-11-24)33-19-5-16-31(22-33)17-18-32-21-31/h1-3,6-7,10-15,20,32,34H,4-5,8-9,16-19,21-22H2. The second-order valence-corrected chi connectivity index (χ2v) is 10.4. The summed E-state index contributed by atoms with van der Waals surface area (Å²) in [6, 6.07) is 26.0. The van der Waals surface area contributed by atoms with Crippen LogP contribution < -0.4 is 10.2 Å². The number of hydrogen-bond acceptors (Lipinski definition) is 3. The van der Waals surface area contributed by atoms with Crippen molar-refractivity contribution in [3.8, 4) is 5.75 Å². The van der Waals surface area contributed by atoms with Crippen molar-refractivity contribution >= 4 is 16.8 Å². The number of aromatic hydroxyl groups is 1. The van der Waals surface area contributed by atoms with Gasteiger partial charge in [-0.05, 0) is 103 Å². The number of phenols is 1. The summed E-state index contributed by atoms with van der Waals surface area (Å²) in [6.07, 6.45) is 7.06. The molecule has 1 atom stereocenters. The maximum absolute atomic E-state index is 10.2. The van der Waals surface area contributed by atoms with Crippen LogP contribution in [0.5, 0.6) is 5.75 Å². The summed E-state index contributed by atoms with van der Waals surface area (Å²) in [5, 5.41) is 13.8. The Kier molecular flexibility index (Phi) is 5.66. The molecule has 3 nitrogen and oxygen atoms in total. The first-order valence-corrected chi connectivity index (χ1v) is 12.9. The third-order valence-electron chi connectivity index (χ3n) is 8.17. The van der Waals surface area contributed by atoms with Gasteiger partial charge in [-0.2, -0.15) is 0 Å². The lowest BCUT2D eigenvalue weighted by molar-refractivity contribution is 0.261. The van der Waals surface area contributed by atoms with E-state index in [2.05, 4.69) is 70.9 Å². The first-order valence-electron chi connectivity index (χ1n) is 12.9. The Bertz CT molecular complexity index is 1190. The number of nitrogens with one attached hydrogen (secondary N) is 1. The number of nitrogens with zero attached hydrogens (tertiary/aromatic N) is 1. The maximum atomic E-state index is 10.2. The Morgan fingerprint density at radius 1 is 0.824 bits per heavy atom. The predicted octanol–water partition coefficient (Wildman–Crippen LogP) is 6.27. The van der Waals surface area contributed by atoms with Gasteiger partial charge in [-0.1, -0.05) is 48.5 Å². The molecule has 6 rings (SSSR count). The van der Waals surface area contributed by atoms with Gasteiger partial charge in [-0.15, -0.1) is 0 Å². The van der Waals surface area contributed by atoms with Crippen molar-refractivity contribution in [2.24, 2.45) is 5.41 Å². The highest BCUT2D eigenvalue weighted by atomic mass is 16.3. The first kappa shape index (κ1) is 21.5. The molecule has 3 aromatic carbocycles. The van der Waals surface area contributed by atoms with Gasteiger partial charge in [0.15, 0.2) is 0 Å². The lowest BCUT2D eigenvalue weighted by Crippen LogP contribution is -2.44. The van der Waals surface area contributed by atoms with Gasteiger partial charge in [-0.25, -0.2) is 0 Å². The molecular weight excluding hydrogens is 416 g/mol. The first-order chi connectivity index (χ1) is 16.7. The molecule has 1 unspecified atom stereocenters. The molecule has 0 amide bonds. The topological polar surface area (TPSA) is 35.5 Å². The van der Waals surface area contributed by atoms with Crippen LogP contribution in [0.2, 0.25) is 0 Å². The third kappa shape index (κ3) is 4.03. The van der Waals surface area contributed by atoms with E-state index in [1.54, 1.807) is 0 Å². The average molecular weight is 451 g/mol. The van der Waals surface area contributed by atoms with Gasteiger partial charge in [0, 0.05) is 30.7 Å². The molecule has 3 heteroatoms. The van der Waals surface area contributed by atoms with Crippen molar-refractivity contribution in [1.82, 2.24) is 5.32 Å². The molecule has 2 aliphatic heterocycles. The van der Waals surface area contributed by atoms with Crippen LogP contribution >= 0.6 is 0 Å². The van der Waals surface area contributed by atoms with E-state index in [4.69, 9.17) is 0 Å². The molecular formula is C31H34N2O. The van der Waals surface area contributed by atoms with Gasteiger partial charge in [0.25, 0.3) is 0 Å². The summed E-state index contributed by atoms with van der Waals surface area (Å²) in [4.78, 5) is 2.60. The Morgan fingerprint density at radius 2 is 1.68 bits per heavy atom. The minimum atomic E-state index is 0.358. The number of phenolic OH excluding ortho intramolecular Hbond substituents is 1. The van der Waals surface area contributed by atoms with Crippen LogP contribution in [0, 0.1) is 5.41 Å². The molecule has 34 heavy (non-hydrogen) atoms. The molecule has 3 aliphatic rings. The lowest BCUT2D eigenvalue weighted by atomic mass is 9.79. The van der Waals surface area contributed by atoms with Gasteiger partial charge >= 0.3 is 0 Å². The quantitative estimate of drug-likeness (QED) is 0.494. The zero-order chi connectivity index (χ0) is 23.0. The number of allylic oxidation sites excluding steroid dienone is 1. The number of aryl methyl sites for hydroxylation is 1. The molecule has 0 aromatic heterocycles. The van der Waals surface area contributed by atoms with Crippen LogP contribution in [0.1, 0.15) is 54.4 Å². The minimum Gasteiger partial charge on any atom is -0.508 e. The molecule has 0 saturated carbocycles. The van der Waals surface area contributed by atoms with Crippen LogP contribution in [0.15, 0.2) is 72.8 Å². The number of anilines is 1. The highest BCUT2D eigenvalue weighted by molar-refractivity contribution is 6.00. The normalized spacial score (nSPS) is 22.6. The molecule has 0 bridgehead atoms. The van der Waals surface area contributed by atoms with E-state index in [0.29, 0.717) is 11.2 Å². The Balaban J connectivity index is 1.40. The number of benzene rings is 3. The summed E-state index contributed by atoms with van der Waals surface area (Å²) in [5.41, 5.74) is 9.61. The molecule has 2 saturated heterocycles. The summed E-state index contributed by atoms with van der Waals surface area (Å²) in [6.45, 7) is 4.65. The summed E-state index contributed by atoms with van der Waals surface area (Å²) in [7, 11) is 0. The van der Waals surface area contributed by atoms with Crippen LogP contribution in [0.3, 0.4) is 0 Å². The fourth-order valence-electron chi connectivity index (χ4n) is 6.44. The van der Waals surface area contributed by atoms with Crippen LogP contribution in [0.4, 0.5) is 5.69 Å². The van der Waals surface area contributed by atoms with E-state index in [-0.39, 0.29) is 0 Å². The zero-order valence-electron chi connectivity index (χ0n) is 19.9. The fraction of sp³-hybridized carbons (Fsp3) is 0.355. The second kappa shape index (κ2) is 8.96. The summed E-state index contributed by atoms with van der Waals surface area (Å²) < 4.78 is 0. The Labute approximate surface area is 203 Å². The number of fused-ring (bicyclic) bond motifs is 1. The van der Waals surface area contributed by atoms with E-state index in [0.717, 1.165) is 32.4 Å². The predicted molar refractivity (Wildman–Crippen MR) is 141 cm³/mol. The number of hydrogen-bond donors (Lipinski definition) is 2. The second-order valence-electron chi connectivity index (χ2n) is 10.4. The van der Waals surface area contributed by atoms with E-state index in [1.165, 1.54) is 71.4 Å². The van der Waals surface area contributed by atoms with E-state index in [1.807, 2.05) is 12.1 Å². The SMILES string of the molecule is Oc1ccc2c(c1)CCCC(c1ccccc1)=C2c1ccc(N2CCCC3(CCNC3)C2)cc1. The van der Waals surface area contributed by atoms with E-state index >= 15 is 0 Å². The highest BCUT2D eigenvalue weighted by Gasteiger charge is 2.38. The van der Waals surface area contributed by atoms with Crippen LogP contribution in [-0.2, 0) is 6.42 Å². The van der Waals surface area contributed by atoms with Gasteiger partial charge < -0.3 is 15.3 Å². The summed E-state index contributed by atoms with van der Waals surface area (Å²) in [5.74, 6) is 0.358. The number of rotatable bonds is 3. The Morgan fingerprint density at radius 3 is 2.47 bits per heavy atom.